The van der Waals surface area contributed by atoms with Gasteiger partial charge in [-0.05, 0) is 49.4 Å². The minimum atomic E-state index is -4.90. The second-order valence-corrected chi connectivity index (χ2v) is 11.4. The predicted octanol–water partition coefficient (Wildman–Crippen LogP) is 4.34. The first-order valence-corrected chi connectivity index (χ1v) is 13.3. The molecule has 192 valence electrons. The van der Waals surface area contributed by atoms with Gasteiger partial charge in [0.15, 0.2) is 6.10 Å². The number of rotatable bonds is 8. The molecule has 2 aromatic rings. The smallest absolute Gasteiger partial charge is 0.382 e. The highest BCUT2D eigenvalue weighted by molar-refractivity contribution is 7.89. The zero-order valence-corrected chi connectivity index (χ0v) is 20.4. The van der Waals surface area contributed by atoms with Gasteiger partial charge in [0.05, 0.1) is 23.3 Å². The van der Waals surface area contributed by atoms with E-state index < -0.39 is 28.8 Å². The van der Waals surface area contributed by atoms with Crippen LogP contribution in [-0.4, -0.2) is 58.7 Å². The molecule has 0 bridgehead atoms. The van der Waals surface area contributed by atoms with Crippen LogP contribution in [0.1, 0.15) is 50.3 Å². The molecule has 3 atom stereocenters. The predicted molar refractivity (Wildman–Crippen MR) is 123 cm³/mol. The van der Waals surface area contributed by atoms with Gasteiger partial charge in [-0.2, -0.15) is 22.6 Å². The average molecular weight is 516 g/mol. The summed E-state index contributed by atoms with van der Waals surface area (Å²) in [6.07, 6.45) is -3.69. The van der Waals surface area contributed by atoms with Crippen molar-refractivity contribution < 1.29 is 31.1 Å². The summed E-state index contributed by atoms with van der Waals surface area (Å²) in [5.41, 5.74) is 4.87. The van der Waals surface area contributed by atoms with Crippen LogP contribution in [0.2, 0.25) is 0 Å². The van der Waals surface area contributed by atoms with Gasteiger partial charge in [0, 0.05) is 31.0 Å². The van der Waals surface area contributed by atoms with E-state index in [-0.39, 0.29) is 36.4 Å². The van der Waals surface area contributed by atoms with Crippen LogP contribution in [0.25, 0.3) is 5.69 Å². The molecule has 1 aromatic heterocycles. The summed E-state index contributed by atoms with van der Waals surface area (Å²) in [6.45, 7) is 2.54. The number of hydrogen-bond donors (Lipinski definition) is 1. The molecule has 6 nitrogen and oxygen atoms in total. The van der Waals surface area contributed by atoms with E-state index in [2.05, 4.69) is 5.10 Å². The number of sulfonamides is 1. The fourth-order valence-electron chi connectivity index (χ4n) is 5.31. The van der Waals surface area contributed by atoms with Crippen molar-refractivity contribution in [2.45, 2.75) is 57.7 Å². The van der Waals surface area contributed by atoms with Crippen LogP contribution >= 0.6 is 0 Å². The van der Waals surface area contributed by atoms with Crippen molar-refractivity contribution in [3.63, 3.8) is 0 Å². The van der Waals surface area contributed by atoms with Crippen LogP contribution in [0.3, 0.4) is 0 Å². The van der Waals surface area contributed by atoms with E-state index in [9.17, 15) is 31.1 Å². The van der Waals surface area contributed by atoms with Crippen LogP contribution < -0.4 is 0 Å². The number of allylic oxidation sites excluding steroid dienone is 1. The third kappa shape index (κ3) is 5.17. The maximum atomic E-state index is 13.4. The minimum Gasteiger partial charge on any atom is -0.382 e. The van der Waals surface area contributed by atoms with Crippen LogP contribution in [0, 0.1) is 11.7 Å². The number of benzene rings is 1. The number of aromatic nitrogens is 2. The molecule has 1 heterocycles. The van der Waals surface area contributed by atoms with Gasteiger partial charge >= 0.3 is 6.18 Å². The summed E-state index contributed by atoms with van der Waals surface area (Å²) < 4.78 is 80.7. The Kier molecular flexibility index (Phi) is 7.14. The number of hydrogen-bond acceptors (Lipinski definition) is 4. The van der Waals surface area contributed by atoms with Gasteiger partial charge in [-0.25, -0.2) is 17.5 Å². The second-order valence-electron chi connectivity index (χ2n) is 9.32. The van der Waals surface area contributed by atoms with E-state index in [0.29, 0.717) is 19.3 Å². The molecule has 0 radical (unpaired) electrons. The first-order chi connectivity index (χ1) is 16.4. The molecule has 1 aromatic carbocycles. The van der Waals surface area contributed by atoms with Gasteiger partial charge in [0.1, 0.15) is 5.82 Å². The Morgan fingerprint density at radius 2 is 1.94 bits per heavy atom. The van der Waals surface area contributed by atoms with Gasteiger partial charge in [-0.1, -0.05) is 25.0 Å². The normalized spacial score (nSPS) is 21.4. The molecular formula is C24H29F4N3O3S. The summed E-state index contributed by atoms with van der Waals surface area (Å²) in [6, 6.07) is 6.04. The standard InChI is InChI=1S/C24H29F4N3O3S/c1-3-10-35(33,34)30(14-22(32)24(26,27)28)13-17-5-4-16-11-21-20(15(2)23(16)17)12-29-31(21)19-8-6-18(25)7-9-19/h6-9,12,15,17,22,32H,3-5,10-11,13-14H2,1-2H3/t15-,17+,22?/m0/s1. The SMILES string of the molecule is CCCS(=O)(=O)N(CC(O)C(F)(F)F)C[C@H]1CCC2=C1[C@@H](C)c1cnn(-c3ccc(F)cc3)c1C2. The van der Waals surface area contributed by atoms with Crippen LogP contribution in [0.5, 0.6) is 0 Å². The first-order valence-electron chi connectivity index (χ1n) is 11.7. The second kappa shape index (κ2) is 9.67. The maximum Gasteiger partial charge on any atom is 0.415 e. The van der Waals surface area contributed by atoms with Crippen molar-refractivity contribution in [1.82, 2.24) is 14.1 Å². The highest BCUT2D eigenvalue weighted by Gasteiger charge is 2.43. The highest BCUT2D eigenvalue weighted by atomic mass is 32.2. The number of aliphatic hydroxyl groups excluding tert-OH is 1. The van der Waals surface area contributed by atoms with Gasteiger partial charge < -0.3 is 5.11 Å². The number of fused-ring (bicyclic) bond motifs is 1. The van der Waals surface area contributed by atoms with E-state index in [1.54, 1.807) is 29.9 Å². The number of nitrogens with zero attached hydrogens (tertiary/aromatic N) is 3. The molecule has 0 spiro atoms. The Labute approximate surface area is 202 Å². The lowest BCUT2D eigenvalue weighted by Gasteiger charge is -2.32. The number of aliphatic hydroxyl groups is 1. The Morgan fingerprint density at radius 1 is 1.26 bits per heavy atom. The van der Waals surface area contributed by atoms with E-state index in [0.717, 1.165) is 32.4 Å². The van der Waals surface area contributed by atoms with Crippen molar-refractivity contribution in [1.29, 1.82) is 0 Å². The monoisotopic (exact) mass is 515 g/mol. The van der Waals surface area contributed by atoms with Crippen LogP contribution in [-0.2, 0) is 16.4 Å². The zero-order valence-electron chi connectivity index (χ0n) is 19.6. The van der Waals surface area contributed by atoms with Crippen molar-refractivity contribution in [3.8, 4) is 5.69 Å². The van der Waals surface area contributed by atoms with Crippen molar-refractivity contribution in [2.75, 3.05) is 18.8 Å². The summed E-state index contributed by atoms with van der Waals surface area (Å²) in [7, 11) is -3.96. The van der Waals surface area contributed by atoms with E-state index in [4.69, 9.17) is 0 Å². The summed E-state index contributed by atoms with van der Waals surface area (Å²) in [5, 5.41) is 14.1. The zero-order chi connectivity index (χ0) is 25.5. The Hall–Kier alpha value is -2.24. The first kappa shape index (κ1) is 25.8. The van der Waals surface area contributed by atoms with Crippen molar-refractivity contribution in [2.24, 2.45) is 5.92 Å². The van der Waals surface area contributed by atoms with Crippen molar-refractivity contribution in [3.05, 3.63) is 58.7 Å². The topological polar surface area (TPSA) is 75.4 Å². The van der Waals surface area contributed by atoms with E-state index >= 15 is 0 Å². The van der Waals surface area contributed by atoms with E-state index in [1.165, 1.54) is 12.1 Å². The minimum absolute atomic E-state index is 0.0845. The fourth-order valence-corrected chi connectivity index (χ4v) is 6.86. The fraction of sp³-hybridized carbons (Fsp3) is 0.542. The average Bonchev–Trinajstić information content (AvgIpc) is 3.38. The Bertz CT molecular complexity index is 1210. The molecule has 0 fully saturated rings. The summed E-state index contributed by atoms with van der Waals surface area (Å²) in [5.74, 6) is -0.946. The third-order valence-corrected chi connectivity index (χ3v) is 8.97. The van der Waals surface area contributed by atoms with Gasteiger partial charge in [0.2, 0.25) is 10.0 Å². The Morgan fingerprint density at radius 3 is 2.57 bits per heavy atom. The maximum absolute atomic E-state index is 13.4. The molecule has 1 unspecified atom stereocenters. The molecule has 4 rings (SSSR count). The lowest BCUT2D eigenvalue weighted by atomic mass is 9.80. The molecule has 11 heteroatoms. The quantitative estimate of drug-likeness (QED) is 0.419. The largest absolute Gasteiger partial charge is 0.415 e. The van der Waals surface area contributed by atoms with Gasteiger partial charge in [-0.15, -0.1) is 0 Å². The lowest BCUT2D eigenvalue weighted by Crippen LogP contribution is -2.46. The number of alkyl halides is 3. The molecule has 0 amide bonds. The molecular weight excluding hydrogens is 486 g/mol. The highest BCUT2D eigenvalue weighted by Crippen LogP contribution is 2.47. The molecule has 0 saturated carbocycles. The molecule has 0 aliphatic heterocycles. The van der Waals surface area contributed by atoms with Crippen LogP contribution in [0.15, 0.2) is 41.6 Å². The summed E-state index contributed by atoms with van der Waals surface area (Å²) in [4.78, 5) is 0. The van der Waals surface area contributed by atoms with E-state index in [1.807, 2.05) is 6.92 Å². The van der Waals surface area contributed by atoms with Gasteiger partial charge in [-0.3, -0.25) is 0 Å². The van der Waals surface area contributed by atoms with Gasteiger partial charge in [0.25, 0.3) is 0 Å². The molecule has 35 heavy (non-hydrogen) atoms. The summed E-state index contributed by atoms with van der Waals surface area (Å²) >= 11 is 0. The molecule has 2 aliphatic carbocycles. The molecule has 2 aliphatic rings. The van der Waals surface area contributed by atoms with Crippen molar-refractivity contribution >= 4 is 10.0 Å². The van der Waals surface area contributed by atoms with Crippen LogP contribution in [0.4, 0.5) is 17.6 Å². The third-order valence-electron chi connectivity index (χ3n) is 6.96. The lowest BCUT2D eigenvalue weighted by molar-refractivity contribution is -0.205. The number of halogens is 4. The Balaban J connectivity index is 1.60. The molecule has 0 saturated heterocycles. The molecule has 1 N–H and O–H groups in total.